The highest BCUT2D eigenvalue weighted by molar-refractivity contribution is 6.40. The van der Waals surface area contributed by atoms with Gasteiger partial charge in [0.15, 0.2) is 6.73 Å². The third kappa shape index (κ3) is 6.13. The van der Waals surface area contributed by atoms with Crippen LogP contribution < -0.4 is 14.5 Å². The van der Waals surface area contributed by atoms with Gasteiger partial charge >= 0.3 is 12.1 Å². The van der Waals surface area contributed by atoms with Crippen LogP contribution in [-0.4, -0.2) is 85.9 Å². The Hall–Kier alpha value is -3.78. The fourth-order valence-corrected chi connectivity index (χ4v) is 7.50. The van der Waals surface area contributed by atoms with Crippen LogP contribution in [0.25, 0.3) is 11.1 Å². The van der Waals surface area contributed by atoms with Gasteiger partial charge in [-0.05, 0) is 37.1 Å². The Bertz CT molecular complexity index is 1750. The average molecular weight is 711 g/mol. The van der Waals surface area contributed by atoms with E-state index in [4.69, 9.17) is 37.4 Å². The first-order chi connectivity index (χ1) is 22.9. The van der Waals surface area contributed by atoms with Gasteiger partial charge in [-0.2, -0.15) is 13.2 Å². The number of carboxylic acid groups (broad SMARTS) is 1. The molecule has 4 aliphatic heterocycles. The van der Waals surface area contributed by atoms with Crippen molar-refractivity contribution in [2.75, 3.05) is 49.4 Å². The molecule has 2 unspecified atom stereocenters. The van der Waals surface area contributed by atoms with E-state index in [0.29, 0.717) is 41.5 Å². The summed E-state index contributed by atoms with van der Waals surface area (Å²) < 4.78 is 69.6. The number of halogens is 6. The molecule has 0 saturated carbocycles. The number of anilines is 2. The fourth-order valence-electron chi connectivity index (χ4n) is 6.86. The maximum absolute atomic E-state index is 15.7. The molecule has 9 nitrogen and oxygen atoms in total. The molecule has 48 heavy (non-hydrogen) atoms. The number of alkyl halides is 3. The Morgan fingerprint density at radius 2 is 1.69 bits per heavy atom. The van der Waals surface area contributed by atoms with Crippen LogP contribution >= 0.6 is 23.2 Å². The lowest BCUT2D eigenvalue weighted by molar-refractivity contribution is -0.187. The van der Waals surface area contributed by atoms with E-state index in [1.165, 1.54) is 17.0 Å². The predicted octanol–water partition coefficient (Wildman–Crippen LogP) is 6.63. The molecule has 0 aliphatic carbocycles. The number of para-hydroxylation sites is 1. The van der Waals surface area contributed by atoms with Gasteiger partial charge in [-0.25, -0.2) is 9.18 Å². The number of benzene rings is 3. The van der Waals surface area contributed by atoms with Gasteiger partial charge in [-0.1, -0.05) is 41.4 Å². The van der Waals surface area contributed by atoms with Crippen LogP contribution in [0.1, 0.15) is 39.1 Å². The Balaban J connectivity index is 1.11. The number of rotatable bonds is 7. The van der Waals surface area contributed by atoms with Crippen molar-refractivity contribution in [2.45, 2.75) is 43.8 Å². The minimum absolute atomic E-state index is 0.00603. The molecular weight excluding hydrogens is 681 g/mol. The normalized spacial score (nSPS) is 20.8. The lowest BCUT2D eigenvalue weighted by Gasteiger charge is -2.41. The summed E-state index contributed by atoms with van der Waals surface area (Å²) in [5.41, 5.74) is 2.07. The lowest BCUT2D eigenvalue weighted by atomic mass is 9.96. The van der Waals surface area contributed by atoms with Crippen molar-refractivity contribution in [1.82, 2.24) is 4.90 Å². The van der Waals surface area contributed by atoms with E-state index in [2.05, 4.69) is 0 Å². The molecule has 3 fully saturated rings. The number of morpholine rings is 1. The van der Waals surface area contributed by atoms with Crippen LogP contribution in [0.3, 0.4) is 0 Å². The molecule has 0 radical (unpaired) electrons. The maximum Gasteiger partial charge on any atom is 0.411 e. The second kappa shape index (κ2) is 12.6. The van der Waals surface area contributed by atoms with Crippen molar-refractivity contribution >= 4 is 46.5 Å². The molecular formula is C33H29Cl2F4N3O6. The van der Waals surface area contributed by atoms with Gasteiger partial charge in [0, 0.05) is 35.5 Å². The first-order valence-corrected chi connectivity index (χ1v) is 16.0. The zero-order chi connectivity index (χ0) is 33.9. The number of hydrogen-bond acceptors (Lipinski definition) is 7. The lowest BCUT2D eigenvalue weighted by Crippen LogP contribution is -2.53. The molecule has 2 bridgehead atoms. The monoisotopic (exact) mass is 709 g/mol. The average Bonchev–Trinajstić information content (AvgIpc) is 3.25. The first-order valence-electron chi connectivity index (χ1n) is 15.3. The van der Waals surface area contributed by atoms with Crippen LogP contribution in [0.5, 0.6) is 5.75 Å². The van der Waals surface area contributed by atoms with Crippen LogP contribution in [-0.2, 0) is 16.0 Å². The van der Waals surface area contributed by atoms with Crippen molar-refractivity contribution in [2.24, 2.45) is 0 Å². The van der Waals surface area contributed by atoms with Crippen LogP contribution in [0.2, 0.25) is 10.0 Å². The van der Waals surface area contributed by atoms with Gasteiger partial charge in [0.25, 0.3) is 5.91 Å². The molecule has 2 atom stereocenters. The van der Waals surface area contributed by atoms with Gasteiger partial charge in [0.05, 0.1) is 64.8 Å². The van der Waals surface area contributed by atoms with E-state index in [1.54, 1.807) is 29.2 Å². The van der Waals surface area contributed by atoms with E-state index in [9.17, 15) is 27.9 Å². The van der Waals surface area contributed by atoms with E-state index >= 15 is 4.39 Å². The molecule has 1 amide bonds. The summed E-state index contributed by atoms with van der Waals surface area (Å²) >= 11 is 13.0. The predicted molar refractivity (Wildman–Crippen MR) is 169 cm³/mol. The third-order valence-corrected chi connectivity index (χ3v) is 9.77. The molecule has 7 rings (SSSR count). The van der Waals surface area contributed by atoms with Crippen LogP contribution in [0.15, 0.2) is 42.5 Å². The van der Waals surface area contributed by atoms with Crippen molar-refractivity contribution in [1.29, 1.82) is 0 Å². The summed E-state index contributed by atoms with van der Waals surface area (Å²) in [5, 5.41) is 10.1. The summed E-state index contributed by atoms with van der Waals surface area (Å²) in [7, 11) is 0. The number of ether oxygens (including phenoxy) is 3. The summed E-state index contributed by atoms with van der Waals surface area (Å²) in [5.74, 6) is -2.08. The van der Waals surface area contributed by atoms with Crippen molar-refractivity contribution < 1.29 is 46.5 Å². The molecule has 1 N–H and O–H groups in total. The number of aromatic carboxylic acids is 1. The maximum atomic E-state index is 15.7. The number of carbonyl (C=O) groups is 2. The molecule has 0 spiro atoms. The molecule has 15 heteroatoms. The summed E-state index contributed by atoms with van der Waals surface area (Å²) in [6.45, 7) is -0.0799. The molecule has 3 aromatic carbocycles. The molecule has 3 saturated heterocycles. The quantitative estimate of drug-likeness (QED) is 0.274. The Morgan fingerprint density at radius 1 is 1.00 bits per heavy atom. The minimum atomic E-state index is -4.41. The number of nitrogens with zero attached hydrogens (tertiary/aromatic N) is 3. The number of carboxylic acids is 1. The SMILES string of the molecule is O=C(O)c1cc(F)c(-c2cccc3c2OCN(C(=O)c2c(Cl)cc(N4CC(OCC(F)(F)F)C4)cc2Cl)C3)cc1N1C2CCC1COC2. The molecule has 254 valence electrons. The summed E-state index contributed by atoms with van der Waals surface area (Å²) in [6.07, 6.45) is -3.31. The Labute approximate surface area is 282 Å². The first kappa shape index (κ1) is 32.8. The summed E-state index contributed by atoms with van der Waals surface area (Å²) in [4.78, 5) is 31.0. The molecule has 3 aromatic rings. The van der Waals surface area contributed by atoms with Gasteiger partial charge in [-0.15, -0.1) is 0 Å². The van der Waals surface area contributed by atoms with Crippen LogP contribution in [0, 0.1) is 5.82 Å². The Kier molecular flexibility index (Phi) is 8.59. The van der Waals surface area contributed by atoms with E-state index < -0.39 is 36.6 Å². The van der Waals surface area contributed by atoms with Gasteiger partial charge in [-0.3, -0.25) is 4.79 Å². The number of hydrogen-bond donors (Lipinski definition) is 1. The molecule has 4 aliphatic rings. The number of amides is 1. The van der Waals surface area contributed by atoms with E-state index in [-0.39, 0.29) is 65.2 Å². The van der Waals surface area contributed by atoms with Crippen molar-refractivity contribution in [3.8, 4) is 16.9 Å². The largest absolute Gasteiger partial charge is 0.478 e. The zero-order valence-corrected chi connectivity index (χ0v) is 26.7. The smallest absolute Gasteiger partial charge is 0.411 e. The Morgan fingerprint density at radius 3 is 2.33 bits per heavy atom. The minimum Gasteiger partial charge on any atom is -0.478 e. The third-order valence-electron chi connectivity index (χ3n) is 9.17. The van der Waals surface area contributed by atoms with Gasteiger partial charge in [0.1, 0.15) is 18.2 Å². The number of carbonyl (C=O) groups excluding carboxylic acids is 1. The summed E-state index contributed by atoms with van der Waals surface area (Å²) in [6, 6.07) is 10.8. The van der Waals surface area contributed by atoms with Gasteiger partial charge < -0.3 is 34.0 Å². The standard InChI is InChI=1S/C33H29Cl2F4N3O6/c34-25-6-20(40-11-21(12-40)47-15-33(37,38)39)7-26(35)29(25)31(43)41-10-17-2-1-3-22(30(17)48-16-41)23-9-28(24(32(44)45)8-27(23)36)42-18-4-5-19(42)14-46-13-18/h1-3,6-9,18-19,21H,4-5,10-16H2,(H,44,45). The fraction of sp³-hybridized carbons (Fsp3) is 0.394. The highest BCUT2D eigenvalue weighted by Crippen LogP contribution is 2.43. The molecule has 0 aromatic heterocycles. The highest BCUT2D eigenvalue weighted by atomic mass is 35.5. The second-order valence-corrected chi connectivity index (χ2v) is 13.1. The van der Waals surface area contributed by atoms with Crippen molar-refractivity contribution in [3.05, 3.63) is 75.0 Å². The van der Waals surface area contributed by atoms with E-state index in [1.807, 2.05) is 4.90 Å². The van der Waals surface area contributed by atoms with Gasteiger partial charge in [0.2, 0.25) is 0 Å². The van der Waals surface area contributed by atoms with Crippen molar-refractivity contribution in [3.63, 3.8) is 0 Å². The number of fused-ring (bicyclic) bond motifs is 3. The topological polar surface area (TPSA) is 91.8 Å². The zero-order valence-electron chi connectivity index (χ0n) is 25.2. The second-order valence-electron chi connectivity index (χ2n) is 12.3. The van der Waals surface area contributed by atoms with Crippen LogP contribution in [0.4, 0.5) is 28.9 Å². The highest BCUT2D eigenvalue weighted by Gasteiger charge is 2.40. The van der Waals surface area contributed by atoms with E-state index in [0.717, 1.165) is 18.9 Å². The molecule has 4 heterocycles.